The zero-order valence-electron chi connectivity index (χ0n) is 12.9. The number of carboxylic acid groups (broad SMARTS) is 1. The number of nitrogens with zero attached hydrogens (tertiary/aromatic N) is 2. The zero-order valence-corrected chi connectivity index (χ0v) is 12.9. The third-order valence-corrected chi connectivity index (χ3v) is 2.91. The van der Waals surface area contributed by atoms with Gasteiger partial charge in [-0.2, -0.15) is 9.97 Å². The molecule has 0 spiro atoms. The van der Waals surface area contributed by atoms with Gasteiger partial charge in [0.1, 0.15) is 0 Å². The Morgan fingerprint density at radius 3 is 2.29 bits per heavy atom. The van der Waals surface area contributed by atoms with E-state index in [0.29, 0.717) is 30.2 Å². The summed E-state index contributed by atoms with van der Waals surface area (Å²) in [4.78, 5) is 19.2. The molecule has 0 saturated carbocycles. The second kappa shape index (κ2) is 8.28. The second-order valence-corrected chi connectivity index (χ2v) is 5.25. The molecule has 118 valence electrons. The van der Waals surface area contributed by atoms with E-state index in [1.807, 2.05) is 0 Å². The molecular weight excluding hydrogens is 274 g/mol. The number of hydrogen-bond acceptors (Lipinski definition) is 6. The van der Waals surface area contributed by atoms with E-state index in [0.717, 1.165) is 6.42 Å². The number of aliphatic carboxylic acids is 1. The van der Waals surface area contributed by atoms with Crippen LogP contribution < -0.4 is 14.8 Å². The fourth-order valence-corrected chi connectivity index (χ4v) is 2.08. The van der Waals surface area contributed by atoms with E-state index in [9.17, 15) is 4.79 Å². The summed E-state index contributed by atoms with van der Waals surface area (Å²) in [6.07, 6.45) is 0.937. The van der Waals surface area contributed by atoms with Gasteiger partial charge in [-0.3, -0.25) is 4.79 Å². The van der Waals surface area contributed by atoms with E-state index >= 15 is 0 Å². The van der Waals surface area contributed by atoms with Crippen molar-refractivity contribution in [1.82, 2.24) is 9.97 Å². The van der Waals surface area contributed by atoms with Crippen LogP contribution in [0.1, 0.15) is 26.7 Å². The summed E-state index contributed by atoms with van der Waals surface area (Å²) < 4.78 is 10.1. The number of aromatic nitrogens is 2. The number of carboxylic acids is 1. The topological polar surface area (TPSA) is 93.6 Å². The lowest BCUT2D eigenvalue weighted by Crippen LogP contribution is -2.20. The summed E-state index contributed by atoms with van der Waals surface area (Å²) in [6.45, 7) is 4.63. The molecule has 7 heteroatoms. The molecule has 2 N–H and O–H groups in total. The minimum absolute atomic E-state index is 0.0169. The van der Waals surface area contributed by atoms with Crippen LogP contribution in [-0.4, -0.2) is 41.8 Å². The van der Waals surface area contributed by atoms with E-state index in [1.165, 1.54) is 14.2 Å². The Hall–Kier alpha value is -2.05. The van der Waals surface area contributed by atoms with Gasteiger partial charge in [-0.1, -0.05) is 13.8 Å². The van der Waals surface area contributed by atoms with E-state index in [1.54, 1.807) is 6.07 Å². The first-order valence-electron chi connectivity index (χ1n) is 6.87. The van der Waals surface area contributed by atoms with Gasteiger partial charge >= 0.3 is 5.97 Å². The molecule has 0 amide bonds. The van der Waals surface area contributed by atoms with Gasteiger partial charge in [-0.05, 0) is 18.3 Å². The molecule has 1 unspecified atom stereocenters. The molecule has 7 nitrogen and oxygen atoms in total. The molecule has 1 aromatic heterocycles. The third-order valence-electron chi connectivity index (χ3n) is 2.91. The molecule has 0 aliphatic heterocycles. The Labute approximate surface area is 124 Å². The Kier molecular flexibility index (Phi) is 6.71. The van der Waals surface area contributed by atoms with Crippen LogP contribution in [0, 0.1) is 11.8 Å². The first-order chi connectivity index (χ1) is 9.94. The summed E-state index contributed by atoms with van der Waals surface area (Å²) in [5.74, 6) is 0.795. The number of hydrogen-bond donors (Lipinski definition) is 2. The van der Waals surface area contributed by atoms with Gasteiger partial charge in [-0.15, -0.1) is 0 Å². The summed E-state index contributed by atoms with van der Waals surface area (Å²) >= 11 is 0. The maximum atomic E-state index is 10.9. The highest BCUT2D eigenvalue weighted by Crippen LogP contribution is 2.19. The van der Waals surface area contributed by atoms with Crippen molar-refractivity contribution in [3.63, 3.8) is 0 Å². The number of rotatable bonds is 9. The molecule has 1 aromatic rings. The number of ether oxygens (including phenoxy) is 2. The van der Waals surface area contributed by atoms with Gasteiger partial charge in [0.05, 0.1) is 20.3 Å². The van der Waals surface area contributed by atoms with Crippen LogP contribution in [0.15, 0.2) is 6.07 Å². The van der Waals surface area contributed by atoms with Crippen LogP contribution in [0.2, 0.25) is 0 Å². The van der Waals surface area contributed by atoms with E-state index in [-0.39, 0.29) is 12.3 Å². The largest absolute Gasteiger partial charge is 0.481 e. The molecule has 0 saturated heterocycles. The predicted molar refractivity (Wildman–Crippen MR) is 78.8 cm³/mol. The highest BCUT2D eigenvalue weighted by Gasteiger charge is 2.16. The van der Waals surface area contributed by atoms with Gasteiger partial charge in [0, 0.05) is 13.0 Å². The fourth-order valence-electron chi connectivity index (χ4n) is 2.08. The van der Waals surface area contributed by atoms with Gasteiger partial charge < -0.3 is 19.9 Å². The first-order valence-corrected chi connectivity index (χ1v) is 6.87. The highest BCUT2D eigenvalue weighted by molar-refractivity contribution is 5.67. The van der Waals surface area contributed by atoms with Crippen molar-refractivity contribution in [1.29, 1.82) is 0 Å². The molecule has 1 atom stereocenters. The summed E-state index contributed by atoms with van der Waals surface area (Å²) in [5, 5.41) is 12.0. The van der Waals surface area contributed by atoms with Gasteiger partial charge in [0.15, 0.2) is 0 Å². The lowest BCUT2D eigenvalue weighted by Gasteiger charge is -2.18. The van der Waals surface area contributed by atoms with Crippen molar-refractivity contribution in [3.8, 4) is 11.8 Å². The second-order valence-electron chi connectivity index (χ2n) is 5.25. The quantitative estimate of drug-likeness (QED) is 0.720. The number of anilines is 1. The molecule has 21 heavy (non-hydrogen) atoms. The van der Waals surface area contributed by atoms with E-state index in [2.05, 4.69) is 29.1 Å². The van der Waals surface area contributed by atoms with Crippen molar-refractivity contribution < 1.29 is 19.4 Å². The molecule has 0 aliphatic rings. The molecular formula is C14H23N3O4. The van der Waals surface area contributed by atoms with Crippen molar-refractivity contribution in [3.05, 3.63) is 6.07 Å². The van der Waals surface area contributed by atoms with E-state index < -0.39 is 5.97 Å². The van der Waals surface area contributed by atoms with Crippen molar-refractivity contribution in [2.45, 2.75) is 26.7 Å². The van der Waals surface area contributed by atoms with Crippen LogP contribution >= 0.6 is 0 Å². The summed E-state index contributed by atoms with van der Waals surface area (Å²) in [5.41, 5.74) is 0. The van der Waals surface area contributed by atoms with Crippen molar-refractivity contribution in [2.75, 3.05) is 26.1 Å². The molecule has 1 heterocycles. The fraction of sp³-hybridized carbons (Fsp3) is 0.643. The number of carbonyl (C=O) groups is 1. The van der Waals surface area contributed by atoms with Gasteiger partial charge in [0.25, 0.3) is 0 Å². The van der Waals surface area contributed by atoms with Gasteiger partial charge in [-0.25, -0.2) is 0 Å². The Bertz CT molecular complexity index is 443. The Balaban J connectivity index is 2.71. The average molecular weight is 297 g/mol. The summed E-state index contributed by atoms with van der Waals surface area (Å²) in [7, 11) is 3.02. The standard InChI is InChI=1S/C14H23N3O4/c1-9(2)5-10(6-13(18)19)8-15-14-16-11(20-3)7-12(17-14)21-4/h7,9-10H,5-6,8H2,1-4H3,(H,18,19)(H,15,16,17). The average Bonchev–Trinajstić information content (AvgIpc) is 2.43. The molecule has 0 aliphatic carbocycles. The molecule has 0 aromatic carbocycles. The van der Waals surface area contributed by atoms with Crippen LogP contribution in [0.25, 0.3) is 0 Å². The SMILES string of the molecule is COc1cc(OC)nc(NCC(CC(=O)O)CC(C)C)n1. The van der Waals surface area contributed by atoms with Gasteiger partial charge in [0.2, 0.25) is 17.7 Å². The normalized spacial score (nSPS) is 12.0. The number of nitrogens with one attached hydrogen (secondary N) is 1. The van der Waals surface area contributed by atoms with Crippen molar-refractivity contribution >= 4 is 11.9 Å². The van der Waals surface area contributed by atoms with Crippen molar-refractivity contribution in [2.24, 2.45) is 11.8 Å². The lowest BCUT2D eigenvalue weighted by atomic mass is 9.94. The zero-order chi connectivity index (χ0) is 15.8. The summed E-state index contributed by atoms with van der Waals surface area (Å²) in [6, 6.07) is 1.58. The lowest BCUT2D eigenvalue weighted by molar-refractivity contribution is -0.138. The monoisotopic (exact) mass is 297 g/mol. The smallest absolute Gasteiger partial charge is 0.303 e. The molecule has 1 rings (SSSR count). The van der Waals surface area contributed by atoms with Crippen LogP contribution in [-0.2, 0) is 4.79 Å². The number of methoxy groups -OCH3 is 2. The maximum Gasteiger partial charge on any atom is 0.303 e. The first kappa shape index (κ1) is 17.0. The third kappa shape index (κ3) is 6.29. The Morgan fingerprint density at radius 1 is 1.29 bits per heavy atom. The molecule has 0 fully saturated rings. The minimum Gasteiger partial charge on any atom is -0.481 e. The minimum atomic E-state index is -0.799. The van der Waals surface area contributed by atoms with E-state index in [4.69, 9.17) is 14.6 Å². The van der Waals surface area contributed by atoms with Crippen LogP contribution in [0.4, 0.5) is 5.95 Å². The molecule has 0 radical (unpaired) electrons. The van der Waals surface area contributed by atoms with Crippen LogP contribution in [0.5, 0.6) is 11.8 Å². The predicted octanol–water partition coefficient (Wildman–Crippen LogP) is 2.04. The Morgan fingerprint density at radius 2 is 1.86 bits per heavy atom. The highest BCUT2D eigenvalue weighted by atomic mass is 16.5. The maximum absolute atomic E-state index is 10.9. The molecule has 0 bridgehead atoms. The van der Waals surface area contributed by atoms with Crippen LogP contribution in [0.3, 0.4) is 0 Å².